The first-order valence-electron chi connectivity index (χ1n) is 16.9. The van der Waals surface area contributed by atoms with E-state index in [0.29, 0.717) is 17.5 Å². The Morgan fingerprint density at radius 3 is 1.78 bits per heavy atom. The minimum Gasteiger partial charge on any atom is -0.456 e. The van der Waals surface area contributed by atoms with Crippen LogP contribution in [0, 0.1) is 0 Å². The van der Waals surface area contributed by atoms with Crippen LogP contribution in [0.25, 0.3) is 67.2 Å². The Balaban J connectivity index is 1.12. The molecule has 1 aliphatic rings. The van der Waals surface area contributed by atoms with Gasteiger partial charge in [-0.25, -0.2) is 15.0 Å². The Morgan fingerprint density at radius 1 is 0.431 bits per heavy atom. The van der Waals surface area contributed by atoms with Crippen LogP contribution < -0.4 is 4.90 Å². The molecule has 5 nitrogen and oxygen atoms in total. The van der Waals surface area contributed by atoms with Gasteiger partial charge in [0.25, 0.3) is 0 Å². The summed E-state index contributed by atoms with van der Waals surface area (Å²) in [5.74, 6) is 1.86. The van der Waals surface area contributed by atoms with Gasteiger partial charge in [0, 0.05) is 42.9 Å². The van der Waals surface area contributed by atoms with Crippen LogP contribution in [-0.2, 0) is 0 Å². The van der Waals surface area contributed by atoms with E-state index < -0.39 is 0 Å². The Morgan fingerprint density at radius 2 is 1.04 bits per heavy atom. The number of benzene rings is 7. The SMILES string of the molecule is c1ccc(-c2nc(-c3ccccc3)nc(-c3cccc4oc5ccc(-c6ccc7c(c6)Sc6ccccc6N7c6ccccc6)cc5c34)n2)cc1. The maximum absolute atomic E-state index is 6.45. The molecule has 51 heavy (non-hydrogen) atoms. The van der Waals surface area contributed by atoms with Gasteiger partial charge in [0.05, 0.1) is 11.4 Å². The number of rotatable bonds is 5. The van der Waals surface area contributed by atoms with E-state index in [1.54, 1.807) is 0 Å². The molecule has 10 rings (SSSR count). The molecule has 7 aromatic carbocycles. The lowest BCUT2D eigenvalue weighted by atomic mass is 10.00. The largest absolute Gasteiger partial charge is 0.456 e. The maximum Gasteiger partial charge on any atom is 0.164 e. The zero-order valence-electron chi connectivity index (χ0n) is 27.3. The molecule has 0 radical (unpaired) electrons. The highest BCUT2D eigenvalue weighted by Crippen LogP contribution is 2.52. The molecule has 0 unspecified atom stereocenters. The van der Waals surface area contributed by atoms with Crippen molar-refractivity contribution in [2.24, 2.45) is 0 Å². The van der Waals surface area contributed by atoms with Crippen molar-refractivity contribution in [3.8, 4) is 45.3 Å². The van der Waals surface area contributed by atoms with E-state index in [1.807, 2.05) is 84.6 Å². The lowest BCUT2D eigenvalue weighted by Crippen LogP contribution is -2.14. The minimum atomic E-state index is 0.603. The van der Waals surface area contributed by atoms with Gasteiger partial charge in [-0.3, -0.25) is 0 Å². The second kappa shape index (κ2) is 12.1. The van der Waals surface area contributed by atoms with Gasteiger partial charge in [-0.1, -0.05) is 127 Å². The fraction of sp³-hybridized carbons (Fsp3) is 0. The van der Waals surface area contributed by atoms with Crippen molar-refractivity contribution in [3.63, 3.8) is 0 Å². The molecule has 0 saturated carbocycles. The number of furan rings is 1. The van der Waals surface area contributed by atoms with Crippen LogP contribution in [0.3, 0.4) is 0 Å². The Hall–Kier alpha value is -6.50. The van der Waals surface area contributed by atoms with Crippen molar-refractivity contribution in [1.29, 1.82) is 0 Å². The monoisotopic (exact) mass is 672 g/mol. The van der Waals surface area contributed by atoms with Gasteiger partial charge in [-0.05, 0) is 65.7 Å². The molecular formula is C45H28N4OS. The number of anilines is 3. The fourth-order valence-electron chi connectivity index (χ4n) is 6.91. The van der Waals surface area contributed by atoms with Gasteiger partial charge in [-0.2, -0.15) is 0 Å². The first-order valence-corrected chi connectivity index (χ1v) is 17.7. The normalized spacial score (nSPS) is 12.2. The van der Waals surface area contributed by atoms with E-state index in [9.17, 15) is 0 Å². The second-order valence-electron chi connectivity index (χ2n) is 12.5. The van der Waals surface area contributed by atoms with Gasteiger partial charge in [0.2, 0.25) is 0 Å². The van der Waals surface area contributed by atoms with Gasteiger partial charge >= 0.3 is 0 Å². The molecule has 0 atom stereocenters. The standard InChI is InChI=1S/C45H28N4OS/c1-4-13-29(14-5-1)43-46-44(30-15-6-2-7-16-30)48-45(47-43)34-19-12-21-39-42(34)35-27-31(24-26-38(35)50-39)32-23-25-37-41(28-32)51-40-22-11-10-20-36(40)49(37)33-17-8-3-9-18-33/h1-28H. The summed E-state index contributed by atoms with van der Waals surface area (Å²) < 4.78 is 6.45. The predicted octanol–water partition coefficient (Wildman–Crippen LogP) is 12.4. The summed E-state index contributed by atoms with van der Waals surface area (Å²) in [4.78, 5) is 19.8. The number of hydrogen-bond acceptors (Lipinski definition) is 6. The molecule has 0 bridgehead atoms. The summed E-state index contributed by atoms with van der Waals surface area (Å²) in [5, 5.41) is 2.00. The maximum atomic E-state index is 6.45. The zero-order chi connectivity index (χ0) is 33.7. The van der Waals surface area contributed by atoms with Crippen molar-refractivity contribution in [1.82, 2.24) is 15.0 Å². The van der Waals surface area contributed by atoms with Crippen molar-refractivity contribution >= 4 is 50.8 Å². The predicted molar refractivity (Wildman–Crippen MR) is 208 cm³/mol. The lowest BCUT2D eigenvalue weighted by molar-refractivity contribution is 0.669. The van der Waals surface area contributed by atoms with Gasteiger partial charge in [0.1, 0.15) is 11.2 Å². The highest BCUT2D eigenvalue weighted by Gasteiger charge is 2.25. The summed E-state index contributed by atoms with van der Waals surface area (Å²) in [5.41, 5.74) is 10.1. The third-order valence-electron chi connectivity index (χ3n) is 9.31. The highest BCUT2D eigenvalue weighted by atomic mass is 32.2. The summed E-state index contributed by atoms with van der Waals surface area (Å²) in [6, 6.07) is 58.6. The Kier molecular flexibility index (Phi) is 6.99. The van der Waals surface area contributed by atoms with Crippen molar-refractivity contribution < 1.29 is 4.42 Å². The summed E-state index contributed by atoms with van der Waals surface area (Å²) >= 11 is 1.81. The zero-order valence-corrected chi connectivity index (χ0v) is 28.1. The molecule has 0 aliphatic carbocycles. The number of hydrogen-bond donors (Lipinski definition) is 0. The van der Waals surface area contributed by atoms with E-state index in [1.165, 1.54) is 21.2 Å². The van der Waals surface area contributed by atoms with Gasteiger partial charge in [0.15, 0.2) is 17.5 Å². The Bertz CT molecular complexity index is 2670. The van der Waals surface area contributed by atoms with Crippen LogP contribution in [0.4, 0.5) is 17.1 Å². The topological polar surface area (TPSA) is 55.1 Å². The van der Waals surface area contributed by atoms with E-state index >= 15 is 0 Å². The number of aromatic nitrogens is 3. The van der Waals surface area contributed by atoms with E-state index in [2.05, 4.69) is 102 Å². The molecule has 1 aliphatic heterocycles. The third-order valence-corrected chi connectivity index (χ3v) is 10.4. The molecule has 0 spiro atoms. The van der Waals surface area contributed by atoms with Gasteiger partial charge < -0.3 is 9.32 Å². The average molecular weight is 673 g/mol. The van der Waals surface area contributed by atoms with E-state index in [0.717, 1.165) is 55.4 Å². The summed E-state index contributed by atoms with van der Waals surface area (Å²) in [6.07, 6.45) is 0. The van der Waals surface area contributed by atoms with Crippen LogP contribution in [-0.4, -0.2) is 15.0 Å². The molecule has 240 valence electrons. The summed E-state index contributed by atoms with van der Waals surface area (Å²) in [6.45, 7) is 0. The first-order chi connectivity index (χ1) is 25.3. The lowest BCUT2D eigenvalue weighted by Gasteiger charge is -2.33. The molecule has 0 amide bonds. The van der Waals surface area contributed by atoms with E-state index in [4.69, 9.17) is 19.4 Å². The molecule has 2 aromatic heterocycles. The van der Waals surface area contributed by atoms with Crippen LogP contribution >= 0.6 is 11.8 Å². The van der Waals surface area contributed by atoms with Crippen LogP contribution in [0.15, 0.2) is 184 Å². The van der Waals surface area contributed by atoms with Crippen molar-refractivity contribution in [2.75, 3.05) is 4.90 Å². The molecule has 3 heterocycles. The first kappa shape index (κ1) is 29.4. The van der Waals surface area contributed by atoms with Crippen molar-refractivity contribution in [2.45, 2.75) is 9.79 Å². The summed E-state index contributed by atoms with van der Waals surface area (Å²) in [7, 11) is 0. The molecule has 9 aromatic rings. The van der Waals surface area contributed by atoms with Crippen molar-refractivity contribution in [3.05, 3.63) is 170 Å². The molecule has 0 N–H and O–H groups in total. The minimum absolute atomic E-state index is 0.603. The smallest absolute Gasteiger partial charge is 0.164 e. The quantitative estimate of drug-likeness (QED) is 0.181. The van der Waals surface area contributed by atoms with Crippen LogP contribution in [0.1, 0.15) is 0 Å². The van der Waals surface area contributed by atoms with Crippen LogP contribution in [0.2, 0.25) is 0 Å². The molecule has 6 heteroatoms. The van der Waals surface area contributed by atoms with E-state index in [-0.39, 0.29) is 0 Å². The highest BCUT2D eigenvalue weighted by molar-refractivity contribution is 7.99. The third kappa shape index (κ3) is 5.16. The number of para-hydroxylation sites is 2. The number of fused-ring (bicyclic) bond motifs is 5. The number of nitrogens with zero attached hydrogens (tertiary/aromatic N) is 4. The average Bonchev–Trinajstić information content (AvgIpc) is 3.59. The fourth-order valence-corrected chi connectivity index (χ4v) is 8.01. The van der Waals surface area contributed by atoms with Gasteiger partial charge in [-0.15, -0.1) is 0 Å². The second-order valence-corrected chi connectivity index (χ2v) is 13.5. The molecule has 0 fully saturated rings. The van der Waals surface area contributed by atoms with Crippen LogP contribution in [0.5, 0.6) is 0 Å². The Labute approximate surface area is 298 Å². The molecule has 0 saturated heterocycles. The molecular weight excluding hydrogens is 645 g/mol.